The Morgan fingerprint density at radius 3 is 2.97 bits per heavy atom. The monoisotopic (exact) mass is 407 g/mol. The number of nitrogens with one attached hydrogen (secondary N) is 3. The molecule has 2 aliphatic rings. The molecule has 3 N–H and O–H groups in total. The first-order valence-corrected chi connectivity index (χ1v) is 9.76. The molecule has 2 aromatic heterocycles. The van der Waals surface area contributed by atoms with Crippen LogP contribution in [-0.4, -0.2) is 40.0 Å². The van der Waals surface area contributed by atoms with Crippen LogP contribution in [0.5, 0.6) is 5.88 Å². The largest absolute Gasteiger partial charge is 0.476 e. The SMILES string of the molecule is C[C@H]1CCCOc2ncc(F)c(c2F)Nc2cc([nH]n2)[C@H]2CC[C@H](C2)OC(=O)N1. The van der Waals surface area contributed by atoms with Crippen molar-refractivity contribution in [3.05, 3.63) is 29.6 Å². The molecule has 6 bridgehead atoms. The first-order valence-electron chi connectivity index (χ1n) is 9.76. The number of halogens is 2. The van der Waals surface area contributed by atoms with Crippen molar-refractivity contribution in [1.29, 1.82) is 0 Å². The average Bonchev–Trinajstić information content (AvgIpc) is 3.32. The van der Waals surface area contributed by atoms with Crippen LogP contribution >= 0.6 is 0 Å². The summed E-state index contributed by atoms with van der Waals surface area (Å²) in [5, 5.41) is 12.5. The summed E-state index contributed by atoms with van der Waals surface area (Å²) in [5.74, 6) is -1.62. The van der Waals surface area contributed by atoms with E-state index in [4.69, 9.17) is 9.47 Å². The second-order valence-corrected chi connectivity index (χ2v) is 7.51. The molecule has 0 radical (unpaired) electrons. The fourth-order valence-electron chi connectivity index (χ4n) is 3.75. The van der Waals surface area contributed by atoms with Gasteiger partial charge in [-0.05, 0) is 39.0 Å². The Labute approximate surface area is 166 Å². The number of ether oxygens (including phenoxy) is 2. The molecule has 1 amide bonds. The molecule has 29 heavy (non-hydrogen) atoms. The Morgan fingerprint density at radius 2 is 2.10 bits per heavy atom. The summed E-state index contributed by atoms with van der Waals surface area (Å²) in [6, 6.07) is 1.58. The number of anilines is 2. The van der Waals surface area contributed by atoms with Crippen molar-refractivity contribution < 1.29 is 23.0 Å². The molecule has 0 aromatic carbocycles. The highest BCUT2D eigenvalue weighted by molar-refractivity contribution is 5.67. The summed E-state index contributed by atoms with van der Waals surface area (Å²) in [7, 11) is 0. The normalized spacial score (nSPS) is 25.1. The maximum absolute atomic E-state index is 14.7. The van der Waals surface area contributed by atoms with Gasteiger partial charge in [0.05, 0.1) is 12.8 Å². The predicted octanol–water partition coefficient (Wildman–Crippen LogP) is 3.75. The van der Waals surface area contributed by atoms with Crippen LogP contribution in [0.4, 0.5) is 25.1 Å². The van der Waals surface area contributed by atoms with E-state index in [2.05, 4.69) is 25.8 Å². The molecule has 1 fully saturated rings. The minimum atomic E-state index is -0.911. The lowest BCUT2D eigenvalue weighted by Gasteiger charge is -2.17. The number of alkyl carbamates (subject to hydrolysis) is 1. The molecule has 156 valence electrons. The van der Waals surface area contributed by atoms with Crippen molar-refractivity contribution in [2.24, 2.45) is 0 Å². The van der Waals surface area contributed by atoms with Gasteiger partial charge in [0.15, 0.2) is 11.6 Å². The molecule has 1 aliphatic heterocycles. The van der Waals surface area contributed by atoms with Crippen LogP contribution in [0.25, 0.3) is 0 Å². The number of rotatable bonds is 0. The molecule has 10 heteroatoms. The molecule has 1 saturated carbocycles. The third-order valence-electron chi connectivity index (χ3n) is 5.27. The fourth-order valence-corrected chi connectivity index (χ4v) is 3.75. The summed E-state index contributed by atoms with van der Waals surface area (Å²) in [4.78, 5) is 15.8. The number of pyridine rings is 1. The molecular formula is C19H23F2N5O3. The Kier molecular flexibility index (Phi) is 5.50. The van der Waals surface area contributed by atoms with Gasteiger partial charge in [0.2, 0.25) is 5.82 Å². The van der Waals surface area contributed by atoms with Gasteiger partial charge in [-0.15, -0.1) is 0 Å². The van der Waals surface area contributed by atoms with Crippen LogP contribution in [-0.2, 0) is 4.74 Å². The van der Waals surface area contributed by atoms with Crippen molar-refractivity contribution in [3.8, 4) is 5.88 Å². The molecule has 3 heterocycles. The van der Waals surface area contributed by atoms with Gasteiger partial charge in [0.1, 0.15) is 11.8 Å². The van der Waals surface area contributed by atoms with E-state index in [-0.39, 0.29) is 42.1 Å². The van der Waals surface area contributed by atoms with Crippen LogP contribution in [0.15, 0.2) is 12.3 Å². The molecule has 8 nitrogen and oxygen atoms in total. The van der Waals surface area contributed by atoms with Crippen LogP contribution in [0, 0.1) is 11.6 Å². The van der Waals surface area contributed by atoms with Gasteiger partial charge >= 0.3 is 6.09 Å². The van der Waals surface area contributed by atoms with E-state index in [1.807, 2.05) is 6.92 Å². The van der Waals surface area contributed by atoms with Gasteiger partial charge in [-0.25, -0.2) is 14.2 Å². The summed E-state index contributed by atoms with van der Waals surface area (Å²) in [5.41, 5.74) is 0.460. The van der Waals surface area contributed by atoms with E-state index in [0.717, 1.165) is 24.7 Å². The Morgan fingerprint density at radius 1 is 1.24 bits per heavy atom. The molecule has 4 rings (SSSR count). The molecule has 3 atom stereocenters. The fraction of sp³-hybridized carbons (Fsp3) is 0.526. The number of carbonyl (C=O) groups is 1. The summed E-state index contributed by atoms with van der Waals surface area (Å²) < 4.78 is 39.7. The maximum atomic E-state index is 14.7. The molecule has 0 saturated heterocycles. The van der Waals surface area contributed by atoms with Crippen LogP contribution in [0.2, 0.25) is 0 Å². The highest BCUT2D eigenvalue weighted by Crippen LogP contribution is 2.36. The Hall–Kier alpha value is -2.91. The lowest BCUT2D eigenvalue weighted by Crippen LogP contribution is -2.35. The van der Waals surface area contributed by atoms with E-state index in [0.29, 0.717) is 19.3 Å². The second-order valence-electron chi connectivity index (χ2n) is 7.51. The number of nitrogens with zero attached hydrogens (tertiary/aromatic N) is 2. The van der Waals surface area contributed by atoms with Crippen molar-refractivity contribution >= 4 is 17.6 Å². The van der Waals surface area contributed by atoms with E-state index in [1.165, 1.54) is 0 Å². The number of hydrogen-bond acceptors (Lipinski definition) is 6. The first-order chi connectivity index (χ1) is 14.0. The minimum Gasteiger partial charge on any atom is -0.476 e. The molecule has 0 spiro atoms. The Bertz CT molecular complexity index is 891. The Balaban J connectivity index is 1.59. The number of amides is 1. The zero-order valence-corrected chi connectivity index (χ0v) is 16.0. The van der Waals surface area contributed by atoms with Gasteiger partial charge in [0, 0.05) is 23.7 Å². The zero-order chi connectivity index (χ0) is 20.4. The first kappa shape index (κ1) is 19.4. The van der Waals surface area contributed by atoms with Gasteiger partial charge in [-0.1, -0.05) is 0 Å². The predicted molar refractivity (Wildman–Crippen MR) is 100 cm³/mol. The number of fused-ring (bicyclic) bond motifs is 7. The summed E-state index contributed by atoms with van der Waals surface area (Å²) in [6.07, 6.45) is 3.71. The zero-order valence-electron chi connectivity index (χ0n) is 16.0. The van der Waals surface area contributed by atoms with Crippen molar-refractivity contribution in [1.82, 2.24) is 20.5 Å². The number of hydrogen-bond donors (Lipinski definition) is 3. The quantitative estimate of drug-likeness (QED) is 0.615. The molecule has 1 aliphatic carbocycles. The number of aromatic nitrogens is 3. The lowest BCUT2D eigenvalue weighted by atomic mass is 10.0. The lowest BCUT2D eigenvalue weighted by molar-refractivity contribution is 0.0969. The molecule has 2 aromatic rings. The average molecular weight is 407 g/mol. The molecule has 0 unspecified atom stereocenters. The number of H-pyrrole nitrogens is 1. The number of aromatic amines is 1. The third kappa shape index (κ3) is 4.41. The van der Waals surface area contributed by atoms with E-state index in [9.17, 15) is 13.6 Å². The van der Waals surface area contributed by atoms with Gasteiger partial charge < -0.3 is 20.1 Å². The third-order valence-corrected chi connectivity index (χ3v) is 5.27. The van der Waals surface area contributed by atoms with Gasteiger partial charge in [-0.2, -0.15) is 9.49 Å². The number of carbonyl (C=O) groups excluding carboxylic acids is 1. The summed E-state index contributed by atoms with van der Waals surface area (Å²) in [6.45, 7) is 2.04. The highest BCUT2D eigenvalue weighted by Gasteiger charge is 2.30. The second kappa shape index (κ2) is 8.22. The van der Waals surface area contributed by atoms with Crippen LogP contribution < -0.4 is 15.4 Å². The smallest absolute Gasteiger partial charge is 0.407 e. The minimum absolute atomic E-state index is 0.123. The van der Waals surface area contributed by atoms with Gasteiger partial charge in [0.25, 0.3) is 5.88 Å². The van der Waals surface area contributed by atoms with Crippen molar-refractivity contribution in [2.75, 3.05) is 11.9 Å². The van der Waals surface area contributed by atoms with Crippen LogP contribution in [0.1, 0.15) is 50.6 Å². The highest BCUT2D eigenvalue weighted by atomic mass is 19.1. The maximum Gasteiger partial charge on any atom is 0.407 e. The summed E-state index contributed by atoms with van der Waals surface area (Å²) >= 11 is 0. The standard InChI is InChI=1S/C19H23F2N5O3/c1-10-3-2-6-28-18-16(21)17(13(20)9-22-18)24-15-8-14(25-26-15)11-4-5-12(7-11)29-19(27)23-10/h8-12H,2-7H2,1H3,(H,23,27)(H2,24,25,26)/t10-,11-,12+/m0/s1. The van der Waals surface area contributed by atoms with Crippen LogP contribution in [0.3, 0.4) is 0 Å². The van der Waals surface area contributed by atoms with E-state index in [1.54, 1.807) is 6.07 Å². The van der Waals surface area contributed by atoms with Crippen molar-refractivity contribution in [2.45, 2.75) is 57.1 Å². The van der Waals surface area contributed by atoms with Gasteiger partial charge in [-0.3, -0.25) is 5.10 Å². The molecular weight excluding hydrogens is 384 g/mol. The van der Waals surface area contributed by atoms with E-state index >= 15 is 0 Å². The van der Waals surface area contributed by atoms with E-state index < -0.39 is 17.7 Å². The topological polar surface area (TPSA) is 101 Å². The van der Waals surface area contributed by atoms with Crippen molar-refractivity contribution in [3.63, 3.8) is 0 Å².